The molecule has 0 aliphatic carbocycles. The van der Waals surface area contributed by atoms with Gasteiger partial charge in [-0.05, 0) is 37.6 Å². The predicted octanol–water partition coefficient (Wildman–Crippen LogP) is 3.71. The SMILES string of the molecule is CCCC1(C(=O)c2ccc(Cl)c(Cl)c2)CCN1. The third-order valence-electron chi connectivity index (χ3n) is 3.31. The van der Waals surface area contributed by atoms with Crippen LogP contribution in [0.4, 0.5) is 0 Å². The minimum absolute atomic E-state index is 0.129. The number of nitrogens with one attached hydrogen (secondary N) is 1. The molecule has 2 rings (SSSR count). The average Bonchev–Trinajstić information content (AvgIpc) is 2.26. The van der Waals surface area contributed by atoms with Crippen LogP contribution in [0.3, 0.4) is 0 Å². The molecular formula is C13H15Cl2NO. The third-order valence-corrected chi connectivity index (χ3v) is 4.05. The van der Waals surface area contributed by atoms with Gasteiger partial charge in [0.15, 0.2) is 5.78 Å². The highest BCUT2D eigenvalue weighted by Crippen LogP contribution is 2.31. The van der Waals surface area contributed by atoms with Crippen molar-refractivity contribution in [2.45, 2.75) is 31.7 Å². The van der Waals surface area contributed by atoms with Crippen LogP contribution in [-0.2, 0) is 0 Å². The molecule has 1 unspecified atom stereocenters. The first-order valence-electron chi connectivity index (χ1n) is 5.84. The van der Waals surface area contributed by atoms with Gasteiger partial charge in [-0.25, -0.2) is 0 Å². The molecule has 0 radical (unpaired) electrons. The van der Waals surface area contributed by atoms with Gasteiger partial charge in [-0.15, -0.1) is 0 Å². The molecule has 0 spiro atoms. The van der Waals surface area contributed by atoms with Crippen LogP contribution in [0.2, 0.25) is 10.0 Å². The predicted molar refractivity (Wildman–Crippen MR) is 71.1 cm³/mol. The Morgan fingerprint density at radius 2 is 2.12 bits per heavy atom. The molecule has 0 aromatic heterocycles. The van der Waals surface area contributed by atoms with Crippen molar-refractivity contribution in [2.24, 2.45) is 0 Å². The van der Waals surface area contributed by atoms with Gasteiger partial charge >= 0.3 is 0 Å². The van der Waals surface area contributed by atoms with E-state index in [0.29, 0.717) is 15.6 Å². The molecule has 1 N–H and O–H groups in total. The first kappa shape index (κ1) is 12.9. The lowest BCUT2D eigenvalue weighted by atomic mass is 9.77. The molecule has 1 aromatic carbocycles. The maximum atomic E-state index is 12.4. The van der Waals surface area contributed by atoms with E-state index in [2.05, 4.69) is 12.2 Å². The number of Topliss-reactive ketones (excluding diaryl/α,β-unsaturated/α-hetero) is 1. The van der Waals surface area contributed by atoms with E-state index < -0.39 is 0 Å². The number of hydrogen-bond acceptors (Lipinski definition) is 2. The van der Waals surface area contributed by atoms with Gasteiger partial charge in [-0.3, -0.25) is 4.79 Å². The van der Waals surface area contributed by atoms with Crippen LogP contribution in [0.15, 0.2) is 18.2 Å². The molecule has 0 saturated carbocycles. The van der Waals surface area contributed by atoms with Crippen LogP contribution in [0.1, 0.15) is 36.5 Å². The summed E-state index contributed by atoms with van der Waals surface area (Å²) in [5.41, 5.74) is 0.270. The van der Waals surface area contributed by atoms with Gasteiger partial charge in [0.2, 0.25) is 0 Å². The van der Waals surface area contributed by atoms with E-state index in [0.717, 1.165) is 25.8 Å². The molecule has 2 nitrogen and oxygen atoms in total. The zero-order valence-electron chi connectivity index (χ0n) is 9.72. The summed E-state index contributed by atoms with van der Waals surface area (Å²) in [6, 6.07) is 5.08. The standard InChI is InChI=1S/C13H15Cl2NO/c1-2-5-13(6-7-16-13)12(17)9-3-4-10(14)11(15)8-9/h3-4,8,16H,2,5-7H2,1H3. The molecule has 1 heterocycles. The van der Waals surface area contributed by atoms with Crippen LogP contribution < -0.4 is 5.32 Å². The van der Waals surface area contributed by atoms with Crippen molar-refractivity contribution in [1.82, 2.24) is 5.32 Å². The Kier molecular flexibility index (Phi) is 3.76. The van der Waals surface area contributed by atoms with E-state index in [4.69, 9.17) is 23.2 Å². The molecule has 0 amide bonds. The molecule has 4 heteroatoms. The number of benzene rings is 1. The van der Waals surface area contributed by atoms with Crippen molar-refractivity contribution >= 4 is 29.0 Å². The second-order valence-corrected chi connectivity index (χ2v) is 5.28. The Bertz CT molecular complexity index is 441. The fraction of sp³-hybridized carbons (Fsp3) is 0.462. The molecule has 0 bridgehead atoms. The van der Waals surface area contributed by atoms with Crippen molar-refractivity contribution in [2.75, 3.05) is 6.54 Å². The second kappa shape index (κ2) is 4.97. The number of rotatable bonds is 4. The molecule has 1 aliphatic rings. The molecule has 1 fully saturated rings. The Balaban J connectivity index is 2.26. The van der Waals surface area contributed by atoms with E-state index in [9.17, 15) is 4.79 Å². The molecule has 1 aromatic rings. The number of hydrogen-bond donors (Lipinski definition) is 1. The zero-order chi connectivity index (χ0) is 12.5. The largest absolute Gasteiger partial charge is 0.305 e. The molecule has 1 aliphatic heterocycles. The lowest BCUT2D eigenvalue weighted by Gasteiger charge is -2.42. The summed E-state index contributed by atoms with van der Waals surface area (Å²) in [7, 11) is 0. The Morgan fingerprint density at radius 3 is 2.59 bits per heavy atom. The summed E-state index contributed by atoms with van der Waals surface area (Å²) in [6.07, 6.45) is 2.76. The van der Waals surface area contributed by atoms with E-state index >= 15 is 0 Å². The Hall–Kier alpha value is -0.570. The summed E-state index contributed by atoms with van der Waals surface area (Å²) >= 11 is 11.8. The van der Waals surface area contributed by atoms with Gasteiger partial charge in [0, 0.05) is 5.56 Å². The number of carbonyl (C=O) groups excluding carboxylic acids is 1. The lowest BCUT2D eigenvalue weighted by molar-refractivity contribution is 0.0734. The van der Waals surface area contributed by atoms with E-state index in [1.165, 1.54) is 0 Å². The van der Waals surface area contributed by atoms with Crippen LogP contribution in [0.5, 0.6) is 0 Å². The van der Waals surface area contributed by atoms with Gasteiger partial charge in [-0.2, -0.15) is 0 Å². The summed E-state index contributed by atoms with van der Waals surface area (Å²) < 4.78 is 0. The first-order valence-corrected chi connectivity index (χ1v) is 6.59. The van der Waals surface area contributed by atoms with Gasteiger partial charge in [-0.1, -0.05) is 36.5 Å². The minimum Gasteiger partial charge on any atom is -0.305 e. The molecular weight excluding hydrogens is 257 g/mol. The normalized spacial score (nSPS) is 23.2. The highest BCUT2D eigenvalue weighted by atomic mass is 35.5. The fourth-order valence-corrected chi connectivity index (χ4v) is 2.59. The van der Waals surface area contributed by atoms with Crippen molar-refractivity contribution in [3.05, 3.63) is 33.8 Å². The van der Waals surface area contributed by atoms with Gasteiger partial charge in [0.1, 0.15) is 0 Å². The lowest BCUT2D eigenvalue weighted by Crippen LogP contribution is -2.62. The maximum Gasteiger partial charge on any atom is 0.182 e. The maximum absolute atomic E-state index is 12.4. The van der Waals surface area contributed by atoms with Gasteiger partial charge < -0.3 is 5.32 Å². The second-order valence-electron chi connectivity index (χ2n) is 4.47. The molecule has 17 heavy (non-hydrogen) atoms. The van der Waals surface area contributed by atoms with Crippen molar-refractivity contribution < 1.29 is 4.79 Å². The highest BCUT2D eigenvalue weighted by Gasteiger charge is 2.42. The number of halogens is 2. The van der Waals surface area contributed by atoms with Crippen molar-refractivity contribution in [3.8, 4) is 0 Å². The summed E-state index contributed by atoms with van der Waals surface area (Å²) in [5.74, 6) is 0.129. The van der Waals surface area contributed by atoms with E-state index in [-0.39, 0.29) is 11.3 Å². The van der Waals surface area contributed by atoms with Crippen LogP contribution in [0.25, 0.3) is 0 Å². The molecule has 1 saturated heterocycles. The Labute approximate surface area is 111 Å². The van der Waals surface area contributed by atoms with Crippen LogP contribution in [0, 0.1) is 0 Å². The Morgan fingerprint density at radius 1 is 1.41 bits per heavy atom. The fourth-order valence-electron chi connectivity index (χ4n) is 2.29. The number of ketones is 1. The van der Waals surface area contributed by atoms with Gasteiger partial charge in [0.05, 0.1) is 15.6 Å². The summed E-state index contributed by atoms with van der Waals surface area (Å²) in [6.45, 7) is 3.00. The highest BCUT2D eigenvalue weighted by molar-refractivity contribution is 6.42. The molecule has 1 atom stereocenters. The molecule has 92 valence electrons. The van der Waals surface area contributed by atoms with Gasteiger partial charge in [0.25, 0.3) is 0 Å². The third kappa shape index (κ3) is 2.35. The van der Waals surface area contributed by atoms with Crippen molar-refractivity contribution in [1.29, 1.82) is 0 Å². The summed E-state index contributed by atoms with van der Waals surface area (Å²) in [4.78, 5) is 12.4. The first-order chi connectivity index (χ1) is 8.09. The topological polar surface area (TPSA) is 29.1 Å². The van der Waals surface area contributed by atoms with Crippen LogP contribution in [-0.4, -0.2) is 17.9 Å². The van der Waals surface area contributed by atoms with E-state index in [1.807, 2.05) is 0 Å². The zero-order valence-corrected chi connectivity index (χ0v) is 11.2. The minimum atomic E-state index is -0.369. The number of carbonyl (C=O) groups is 1. The quantitative estimate of drug-likeness (QED) is 0.846. The van der Waals surface area contributed by atoms with Crippen molar-refractivity contribution in [3.63, 3.8) is 0 Å². The monoisotopic (exact) mass is 271 g/mol. The average molecular weight is 272 g/mol. The van der Waals surface area contributed by atoms with E-state index in [1.54, 1.807) is 18.2 Å². The smallest absolute Gasteiger partial charge is 0.182 e. The summed E-state index contributed by atoms with van der Waals surface area (Å²) in [5, 5.41) is 4.18. The van der Waals surface area contributed by atoms with Crippen LogP contribution >= 0.6 is 23.2 Å².